The number of anilines is 1. The standard InChI is InChI=1S/C18H15Cl2F2N3O2S2/c19-14-9-11(16(20)29-14)17(26)25(2-1-24-3-5-27-6-4-24)18-23-15-12(22)7-10(21)8-13(15)28-18/h7-9H,1-6H2. The third kappa shape index (κ3) is 4.55. The minimum Gasteiger partial charge on any atom is -0.379 e. The van der Waals surface area contributed by atoms with E-state index in [-0.39, 0.29) is 26.5 Å². The van der Waals surface area contributed by atoms with Crippen LogP contribution < -0.4 is 4.90 Å². The van der Waals surface area contributed by atoms with Crippen LogP contribution in [0.5, 0.6) is 0 Å². The molecular weight excluding hydrogens is 463 g/mol. The summed E-state index contributed by atoms with van der Waals surface area (Å²) in [6.07, 6.45) is 0. The number of benzene rings is 1. The molecule has 0 saturated carbocycles. The van der Waals surface area contributed by atoms with Gasteiger partial charge in [0.15, 0.2) is 10.9 Å². The van der Waals surface area contributed by atoms with Gasteiger partial charge in [0, 0.05) is 32.2 Å². The lowest BCUT2D eigenvalue weighted by molar-refractivity contribution is 0.0391. The predicted molar refractivity (Wildman–Crippen MR) is 113 cm³/mol. The maximum absolute atomic E-state index is 14.1. The Morgan fingerprint density at radius 3 is 2.66 bits per heavy atom. The molecule has 3 heterocycles. The zero-order chi connectivity index (χ0) is 20.5. The second-order valence-electron chi connectivity index (χ2n) is 6.38. The van der Waals surface area contributed by atoms with Crippen LogP contribution in [0.15, 0.2) is 18.2 Å². The highest BCUT2D eigenvalue weighted by Gasteiger charge is 2.26. The minimum atomic E-state index is -0.764. The van der Waals surface area contributed by atoms with Crippen LogP contribution in [0.2, 0.25) is 8.67 Å². The Kier molecular flexibility index (Phi) is 6.33. The molecule has 11 heteroatoms. The first-order chi connectivity index (χ1) is 13.9. The van der Waals surface area contributed by atoms with Crippen molar-refractivity contribution in [3.63, 3.8) is 0 Å². The number of morpholine rings is 1. The predicted octanol–water partition coefficient (Wildman–Crippen LogP) is 4.92. The number of nitrogens with zero attached hydrogens (tertiary/aromatic N) is 3. The second-order valence-corrected chi connectivity index (χ2v) is 9.67. The van der Waals surface area contributed by atoms with Gasteiger partial charge in [0.25, 0.3) is 5.91 Å². The fraction of sp³-hybridized carbons (Fsp3) is 0.333. The monoisotopic (exact) mass is 477 g/mol. The van der Waals surface area contributed by atoms with Crippen molar-refractivity contribution in [1.29, 1.82) is 0 Å². The Labute approximate surface area is 183 Å². The maximum atomic E-state index is 14.1. The van der Waals surface area contributed by atoms with Gasteiger partial charge in [-0.25, -0.2) is 13.8 Å². The van der Waals surface area contributed by atoms with Gasteiger partial charge in [-0.15, -0.1) is 11.3 Å². The summed E-state index contributed by atoms with van der Waals surface area (Å²) in [5, 5.41) is 0.279. The van der Waals surface area contributed by atoms with Crippen molar-refractivity contribution in [2.75, 3.05) is 44.3 Å². The first-order valence-electron chi connectivity index (χ1n) is 8.75. The van der Waals surface area contributed by atoms with E-state index in [1.54, 1.807) is 0 Å². The van der Waals surface area contributed by atoms with Crippen LogP contribution in [-0.4, -0.2) is 55.2 Å². The lowest BCUT2D eigenvalue weighted by Crippen LogP contribution is -2.43. The number of carbonyl (C=O) groups excluding carboxylic acids is 1. The molecule has 154 valence electrons. The van der Waals surface area contributed by atoms with E-state index in [1.807, 2.05) is 0 Å². The number of hydrogen-bond donors (Lipinski definition) is 0. The molecule has 0 atom stereocenters. The van der Waals surface area contributed by atoms with E-state index in [9.17, 15) is 13.6 Å². The van der Waals surface area contributed by atoms with Gasteiger partial charge in [0.2, 0.25) is 0 Å². The molecule has 29 heavy (non-hydrogen) atoms. The molecule has 0 aliphatic carbocycles. The van der Waals surface area contributed by atoms with Crippen molar-refractivity contribution >= 4 is 67.1 Å². The smallest absolute Gasteiger partial charge is 0.262 e. The van der Waals surface area contributed by atoms with Gasteiger partial charge in [-0.1, -0.05) is 34.5 Å². The number of thiazole rings is 1. The van der Waals surface area contributed by atoms with E-state index < -0.39 is 11.6 Å². The molecule has 0 bridgehead atoms. The van der Waals surface area contributed by atoms with Crippen LogP contribution in [0.25, 0.3) is 10.2 Å². The molecular formula is C18H15Cl2F2N3O2S2. The lowest BCUT2D eigenvalue weighted by Gasteiger charge is -2.29. The molecule has 0 spiro atoms. The average Bonchev–Trinajstić information content (AvgIpc) is 3.25. The highest BCUT2D eigenvalue weighted by molar-refractivity contribution is 7.22. The summed E-state index contributed by atoms with van der Waals surface area (Å²) in [5.74, 6) is -1.84. The summed E-state index contributed by atoms with van der Waals surface area (Å²) in [4.78, 5) is 21.1. The largest absolute Gasteiger partial charge is 0.379 e. The third-order valence-electron chi connectivity index (χ3n) is 4.51. The zero-order valence-electron chi connectivity index (χ0n) is 15.0. The third-order valence-corrected chi connectivity index (χ3v) is 7.02. The number of amides is 1. The zero-order valence-corrected chi connectivity index (χ0v) is 18.1. The molecule has 1 fully saturated rings. The molecule has 1 aliphatic rings. The quantitative estimate of drug-likeness (QED) is 0.522. The first-order valence-corrected chi connectivity index (χ1v) is 11.1. The van der Waals surface area contributed by atoms with E-state index in [0.29, 0.717) is 35.3 Å². The average molecular weight is 478 g/mol. The van der Waals surface area contributed by atoms with E-state index in [0.717, 1.165) is 41.8 Å². The van der Waals surface area contributed by atoms with Gasteiger partial charge >= 0.3 is 0 Å². The number of fused-ring (bicyclic) bond motifs is 1. The Morgan fingerprint density at radius 1 is 1.21 bits per heavy atom. The lowest BCUT2D eigenvalue weighted by atomic mass is 10.3. The fourth-order valence-corrected chi connectivity index (χ4v) is 5.52. The van der Waals surface area contributed by atoms with Crippen molar-refractivity contribution in [2.45, 2.75) is 0 Å². The van der Waals surface area contributed by atoms with Gasteiger partial charge in [-0.2, -0.15) is 0 Å². The normalized spacial score (nSPS) is 15.2. The SMILES string of the molecule is O=C(c1cc(Cl)sc1Cl)N(CCN1CCOCC1)c1nc2c(F)cc(F)cc2s1. The summed E-state index contributed by atoms with van der Waals surface area (Å²) in [6.45, 7) is 3.67. The summed E-state index contributed by atoms with van der Waals surface area (Å²) >= 11 is 14.3. The number of ether oxygens (including phenoxy) is 1. The van der Waals surface area contributed by atoms with E-state index in [4.69, 9.17) is 27.9 Å². The van der Waals surface area contributed by atoms with E-state index in [1.165, 1.54) is 17.0 Å². The van der Waals surface area contributed by atoms with Crippen LogP contribution in [0.3, 0.4) is 0 Å². The fourth-order valence-electron chi connectivity index (χ4n) is 3.04. The van der Waals surface area contributed by atoms with Crippen LogP contribution >= 0.6 is 45.9 Å². The van der Waals surface area contributed by atoms with Gasteiger partial charge in [0.1, 0.15) is 15.7 Å². The minimum absolute atomic E-state index is 0.0324. The van der Waals surface area contributed by atoms with Gasteiger partial charge < -0.3 is 4.74 Å². The van der Waals surface area contributed by atoms with Crippen molar-refractivity contribution in [1.82, 2.24) is 9.88 Å². The number of carbonyl (C=O) groups is 1. The van der Waals surface area contributed by atoms with Crippen molar-refractivity contribution in [3.8, 4) is 0 Å². The highest BCUT2D eigenvalue weighted by atomic mass is 35.5. The van der Waals surface area contributed by atoms with E-state index >= 15 is 0 Å². The molecule has 4 rings (SSSR count). The first kappa shape index (κ1) is 20.9. The molecule has 0 N–H and O–H groups in total. The Bertz CT molecular complexity index is 1050. The number of hydrogen-bond acceptors (Lipinski definition) is 6. The van der Waals surface area contributed by atoms with E-state index in [2.05, 4.69) is 9.88 Å². The second kappa shape index (κ2) is 8.79. The van der Waals surface area contributed by atoms with Crippen LogP contribution in [0.4, 0.5) is 13.9 Å². The van der Waals surface area contributed by atoms with Crippen molar-refractivity contribution in [3.05, 3.63) is 44.1 Å². The number of thiophene rings is 1. The molecule has 0 radical (unpaired) electrons. The van der Waals surface area contributed by atoms with Crippen LogP contribution in [0.1, 0.15) is 10.4 Å². The Hall–Kier alpha value is -1.36. The molecule has 1 saturated heterocycles. The highest BCUT2D eigenvalue weighted by Crippen LogP contribution is 2.35. The van der Waals surface area contributed by atoms with Gasteiger partial charge in [0.05, 0.1) is 27.8 Å². The van der Waals surface area contributed by atoms with Crippen LogP contribution in [0, 0.1) is 11.6 Å². The van der Waals surface area contributed by atoms with Crippen molar-refractivity contribution in [2.24, 2.45) is 0 Å². The Balaban J connectivity index is 1.68. The number of halogens is 4. The summed E-state index contributed by atoms with van der Waals surface area (Å²) in [5.41, 5.74) is 0.291. The summed E-state index contributed by atoms with van der Waals surface area (Å²) < 4.78 is 34.1. The molecule has 2 aromatic heterocycles. The molecule has 0 unspecified atom stereocenters. The molecule has 1 aliphatic heterocycles. The maximum Gasteiger partial charge on any atom is 0.262 e. The van der Waals surface area contributed by atoms with Crippen LogP contribution in [-0.2, 0) is 4.74 Å². The molecule has 1 amide bonds. The summed E-state index contributed by atoms with van der Waals surface area (Å²) in [7, 11) is 0. The Morgan fingerprint density at radius 2 is 1.97 bits per heavy atom. The topological polar surface area (TPSA) is 45.7 Å². The van der Waals surface area contributed by atoms with Gasteiger partial charge in [-0.3, -0.25) is 14.6 Å². The number of aromatic nitrogens is 1. The summed E-state index contributed by atoms with van der Waals surface area (Å²) in [6, 6.07) is 3.49. The molecule has 5 nitrogen and oxygen atoms in total. The van der Waals surface area contributed by atoms with Gasteiger partial charge in [-0.05, 0) is 12.1 Å². The number of rotatable bonds is 5. The van der Waals surface area contributed by atoms with Crippen molar-refractivity contribution < 1.29 is 18.3 Å². The molecule has 3 aromatic rings. The molecule has 1 aromatic carbocycles.